The van der Waals surface area contributed by atoms with Crippen molar-refractivity contribution < 1.29 is 9.59 Å². The second-order valence-corrected chi connectivity index (χ2v) is 5.08. The molecule has 0 bridgehead atoms. The van der Waals surface area contributed by atoms with Crippen LogP contribution in [0.25, 0.3) is 0 Å². The molecular formula is C14H19N3O2. The van der Waals surface area contributed by atoms with Gasteiger partial charge in [0.15, 0.2) is 0 Å². The van der Waals surface area contributed by atoms with Crippen LogP contribution in [0, 0.1) is 0 Å². The minimum Gasteiger partial charge on any atom is -0.354 e. The molecule has 0 saturated carbocycles. The maximum atomic E-state index is 12.3. The maximum absolute atomic E-state index is 12.3. The molecule has 2 amide bonds. The summed E-state index contributed by atoms with van der Waals surface area (Å²) in [5.74, 6) is -0.191. The molecule has 1 aromatic rings. The Kier molecular flexibility index (Phi) is 3.85. The van der Waals surface area contributed by atoms with Gasteiger partial charge >= 0.3 is 0 Å². The van der Waals surface area contributed by atoms with Crippen molar-refractivity contribution in [2.24, 2.45) is 5.73 Å². The van der Waals surface area contributed by atoms with Crippen LogP contribution in [0.1, 0.15) is 25.3 Å². The number of rotatable bonds is 3. The minimum atomic E-state index is -1.07. The standard InChI is InChI=1S/C14H19N3O2/c1-14(15,10-5-3-2-4-6-10)13(19)17-11-7-8-12(18)16-9-11/h2-6,11H,7-9,15H2,1H3,(H,16,18)(H,17,19). The van der Waals surface area contributed by atoms with Crippen LogP contribution in [0.2, 0.25) is 0 Å². The first-order valence-corrected chi connectivity index (χ1v) is 6.42. The highest BCUT2D eigenvalue weighted by atomic mass is 16.2. The molecule has 102 valence electrons. The fourth-order valence-corrected chi connectivity index (χ4v) is 2.11. The second-order valence-electron chi connectivity index (χ2n) is 5.08. The maximum Gasteiger partial charge on any atom is 0.244 e. The van der Waals surface area contributed by atoms with E-state index in [1.165, 1.54) is 0 Å². The fraction of sp³-hybridized carbons (Fsp3) is 0.429. The lowest BCUT2D eigenvalue weighted by atomic mass is 9.91. The summed E-state index contributed by atoms with van der Waals surface area (Å²) in [6.07, 6.45) is 1.10. The number of benzene rings is 1. The average Bonchev–Trinajstić information content (AvgIpc) is 2.42. The summed E-state index contributed by atoms with van der Waals surface area (Å²) in [6.45, 7) is 2.16. The van der Waals surface area contributed by atoms with Crippen molar-refractivity contribution in [3.63, 3.8) is 0 Å². The molecular weight excluding hydrogens is 242 g/mol. The second kappa shape index (κ2) is 5.40. The van der Waals surface area contributed by atoms with Gasteiger partial charge in [-0.1, -0.05) is 30.3 Å². The molecule has 5 heteroatoms. The summed E-state index contributed by atoms with van der Waals surface area (Å²) in [5.41, 5.74) is 5.83. The highest BCUT2D eigenvalue weighted by Crippen LogP contribution is 2.18. The van der Waals surface area contributed by atoms with Crippen LogP contribution in [0.4, 0.5) is 0 Å². The topological polar surface area (TPSA) is 84.2 Å². The van der Waals surface area contributed by atoms with Gasteiger partial charge in [0.25, 0.3) is 0 Å². The molecule has 2 rings (SSSR count). The number of piperidine rings is 1. The van der Waals surface area contributed by atoms with Crippen LogP contribution in [-0.4, -0.2) is 24.4 Å². The number of carbonyl (C=O) groups is 2. The van der Waals surface area contributed by atoms with Gasteiger partial charge in [0, 0.05) is 19.0 Å². The van der Waals surface area contributed by atoms with Crippen molar-refractivity contribution in [3.8, 4) is 0 Å². The van der Waals surface area contributed by atoms with E-state index >= 15 is 0 Å². The van der Waals surface area contributed by atoms with Crippen LogP contribution >= 0.6 is 0 Å². The normalized spacial score (nSPS) is 22.2. The molecule has 0 aliphatic carbocycles. The highest BCUT2D eigenvalue weighted by molar-refractivity contribution is 5.87. The zero-order chi connectivity index (χ0) is 13.9. The van der Waals surface area contributed by atoms with Gasteiger partial charge in [-0.25, -0.2) is 0 Å². The summed E-state index contributed by atoms with van der Waals surface area (Å²) >= 11 is 0. The first kappa shape index (κ1) is 13.5. The lowest BCUT2D eigenvalue weighted by molar-refractivity contribution is -0.128. The predicted octanol–water partition coefficient (Wildman–Crippen LogP) is 0.255. The van der Waals surface area contributed by atoms with Crippen LogP contribution < -0.4 is 16.4 Å². The third kappa shape index (κ3) is 3.12. The molecule has 2 unspecified atom stereocenters. The number of hydrogen-bond donors (Lipinski definition) is 3. The Labute approximate surface area is 112 Å². The van der Waals surface area contributed by atoms with Crippen molar-refractivity contribution in [3.05, 3.63) is 35.9 Å². The highest BCUT2D eigenvalue weighted by Gasteiger charge is 2.32. The molecule has 0 radical (unpaired) electrons. The van der Waals surface area contributed by atoms with Crippen molar-refractivity contribution >= 4 is 11.8 Å². The van der Waals surface area contributed by atoms with Crippen molar-refractivity contribution in [2.75, 3.05) is 6.54 Å². The molecule has 1 aliphatic heterocycles. The molecule has 0 aromatic heterocycles. The number of nitrogens with one attached hydrogen (secondary N) is 2. The van der Waals surface area contributed by atoms with E-state index in [1.54, 1.807) is 6.92 Å². The molecule has 1 aliphatic rings. The van der Waals surface area contributed by atoms with Gasteiger partial charge in [-0.05, 0) is 18.9 Å². The van der Waals surface area contributed by atoms with E-state index in [0.717, 1.165) is 5.56 Å². The molecule has 19 heavy (non-hydrogen) atoms. The van der Waals surface area contributed by atoms with Gasteiger partial charge in [0.2, 0.25) is 11.8 Å². The van der Waals surface area contributed by atoms with Crippen molar-refractivity contribution in [1.29, 1.82) is 0 Å². The molecule has 2 atom stereocenters. The van der Waals surface area contributed by atoms with Crippen LogP contribution in [0.15, 0.2) is 30.3 Å². The molecule has 1 saturated heterocycles. The van der Waals surface area contributed by atoms with E-state index in [2.05, 4.69) is 10.6 Å². The first-order chi connectivity index (χ1) is 9.00. The smallest absolute Gasteiger partial charge is 0.244 e. The Morgan fingerprint density at radius 2 is 2.11 bits per heavy atom. The van der Waals surface area contributed by atoms with Crippen LogP contribution in [-0.2, 0) is 15.1 Å². The van der Waals surface area contributed by atoms with Gasteiger partial charge in [0.1, 0.15) is 5.54 Å². The summed E-state index contributed by atoms with van der Waals surface area (Å²) in [6, 6.07) is 9.22. The Balaban J connectivity index is 2.01. The van der Waals surface area contributed by atoms with E-state index in [0.29, 0.717) is 19.4 Å². The number of carbonyl (C=O) groups excluding carboxylic acids is 2. The molecule has 5 nitrogen and oxygen atoms in total. The Morgan fingerprint density at radius 1 is 1.42 bits per heavy atom. The lowest BCUT2D eigenvalue weighted by Gasteiger charge is -2.29. The SMILES string of the molecule is CC(N)(C(=O)NC1CCC(=O)NC1)c1ccccc1. The van der Waals surface area contributed by atoms with Gasteiger partial charge in [-0.2, -0.15) is 0 Å². The fourth-order valence-electron chi connectivity index (χ4n) is 2.11. The minimum absolute atomic E-state index is 0.0315. The summed E-state index contributed by atoms with van der Waals surface area (Å²) < 4.78 is 0. The molecule has 4 N–H and O–H groups in total. The van der Waals surface area contributed by atoms with Gasteiger partial charge in [-0.15, -0.1) is 0 Å². The van der Waals surface area contributed by atoms with Gasteiger partial charge in [0.05, 0.1) is 0 Å². The lowest BCUT2D eigenvalue weighted by Crippen LogP contribution is -2.55. The third-order valence-corrected chi connectivity index (χ3v) is 3.45. The quantitative estimate of drug-likeness (QED) is 0.729. The van der Waals surface area contributed by atoms with Gasteiger partial charge in [-0.3, -0.25) is 9.59 Å². The predicted molar refractivity (Wildman–Crippen MR) is 72.2 cm³/mol. The van der Waals surface area contributed by atoms with E-state index < -0.39 is 5.54 Å². The van der Waals surface area contributed by atoms with Crippen molar-refractivity contribution in [1.82, 2.24) is 10.6 Å². The Morgan fingerprint density at radius 3 is 2.68 bits per heavy atom. The Bertz CT molecular complexity index is 461. The monoisotopic (exact) mass is 261 g/mol. The molecule has 1 heterocycles. The average molecular weight is 261 g/mol. The van der Waals surface area contributed by atoms with E-state index in [9.17, 15) is 9.59 Å². The summed E-state index contributed by atoms with van der Waals surface area (Å²) in [4.78, 5) is 23.3. The number of nitrogens with two attached hydrogens (primary N) is 1. The van der Waals surface area contributed by atoms with Crippen LogP contribution in [0.5, 0.6) is 0 Å². The molecule has 0 spiro atoms. The number of amides is 2. The van der Waals surface area contributed by atoms with E-state index in [-0.39, 0.29) is 17.9 Å². The molecule has 1 aromatic carbocycles. The third-order valence-electron chi connectivity index (χ3n) is 3.45. The largest absolute Gasteiger partial charge is 0.354 e. The molecule has 1 fully saturated rings. The van der Waals surface area contributed by atoms with Gasteiger partial charge < -0.3 is 16.4 Å². The Hall–Kier alpha value is -1.88. The van der Waals surface area contributed by atoms with Crippen LogP contribution in [0.3, 0.4) is 0 Å². The number of hydrogen-bond acceptors (Lipinski definition) is 3. The summed E-state index contributed by atoms with van der Waals surface area (Å²) in [5, 5.41) is 5.63. The first-order valence-electron chi connectivity index (χ1n) is 6.42. The van der Waals surface area contributed by atoms with Crippen molar-refractivity contribution in [2.45, 2.75) is 31.3 Å². The van der Waals surface area contributed by atoms with E-state index in [1.807, 2.05) is 30.3 Å². The van der Waals surface area contributed by atoms with E-state index in [4.69, 9.17) is 5.73 Å². The summed E-state index contributed by atoms with van der Waals surface area (Å²) in [7, 11) is 0. The zero-order valence-electron chi connectivity index (χ0n) is 11.0. The zero-order valence-corrected chi connectivity index (χ0v) is 11.0.